The highest BCUT2D eigenvalue weighted by Crippen LogP contribution is 2.32. The second kappa shape index (κ2) is 8.60. The average molecular weight is 387 g/mol. The molecule has 6 heteroatoms. The third-order valence-electron chi connectivity index (χ3n) is 6.55. The van der Waals surface area contributed by atoms with Crippen molar-refractivity contribution in [3.8, 4) is 0 Å². The lowest BCUT2D eigenvalue weighted by Crippen LogP contribution is -2.56. The van der Waals surface area contributed by atoms with Gasteiger partial charge in [0.15, 0.2) is 0 Å². The molecule has 0 saturated carbocycles. The van der Waals surface area contributed by atoms with E-state index in [9.17, 15) is 14.0 Å². The van der Waals surface area contributed by atoms with Gasteiger partial charge < -0.3 is 9.80 Å². The van der Waals surface area contributed by atoms with Crippen molar-refractivity contribution in [1.29, 1.82) is 0 Å². The highest BCUT2D eigenvalue weighted by Gasteiger charge is 2.39. The second-order valence-corrected chi connectivity index (χ2v) is 8.44. The summed E-state index contributed by atoms with van der Waals surface area (Å²) in [5, 5.41) is 0. The summed E-state index contributed by atoms with van der Waals surface area (Å²) in [7, 11) is 0. The standard InChI is InChI=1S/C22H30FN3O2/c23-19-7-4-17(5-8-19)15-24-14-10-20-18(16-24)6-9-22(28)26(20)13-2-12-25-11-1-3-21(25)27/h4-5,7-8,18,20H,1-3,6,9-16H2/t18-,20+/m1/s1. The van der Waals surface area contributed by atoms with E-state index in [1.54, 1.807) is 0 Å². The van der Waals surface area contributed by atoms with Gasteiger partial charge in [-0.3, -0.25) is 14.5 Å². The van der Waals surface area contributed by atoms with Crippen LogP contribution in [-0.4, -0.2) is 65.3 Å². The number of piperidine rings is 2. The smallest absolute Gasteiger partial charge is 0.222 e. The van der Waals surface area contributed by atoms with E-state index in [1.165, 1.54) is 12.1 Å². The Morgan fingerprint density at radius 1 is 0.964 bits per heavy atom. The summed E-state index contributed by atoms with van der Waals surface area (Å²) >= 11 is 0. The summed E-state index contributed by atoms with van der Waals surface area (Å²) in [6.07, 6.45) is 5.12. The van der Waals surface area contributed by atoms with E-state index in [1.807, 2.05) is 17.0 Å². The molecule has 0 N–H and O–H groups in total. The van der Waals surface area contributed by atoms with Crippen LogP contribution in [0.4, 0.5) is 4.39 Å². The molecule has 4 rings (SSSR count). The van der Waals surface area contributed by atoms with Crippen molar-refractivity contribution in [2.75, 3.05) is 32.7 Å². The number of rotatable bonds is 6. The number of likely N-dealkylation sites (tertiary alicyclic amines) is 3. The minimum Gasteiger partial charge on any atom is -0.343 e. The van der Waals surface area contributed by atoms with Crippen molar-refractivity contribution in [3.63, 3.8) is 0 Å². The molecule has 2 amide bonds. The fraction of sp³-hybridized carbons (Fsp3) is 0.636. The van der Waals surface area contributed by atoms with Crippen LogP contribution in [0, 0.1) is 11.7 Å². The lowest BCUT2D eigenvalue weighted by molar-refractivity contribution is -0.141. The predicted octanol–water partition coefficient (Wildman–Crippen LogP) is 2.65. The molecule has 3 heterocycles. The Morgan fingerprint density at radius 3 is 2.54 bits per heavy atom. The van der Waals surface area contributed by atoms with Crippen LogP contribution >= 0.6 is 0 Å². The van der Waals surface area contributed by atoms with Gasteiger partial charge in [-0.05, 0) is 49.3 Å². The first-order valence-electron chi connectivity index (χ1n) is 10.6. The number of amides is 2. The van der Waals surface area contributed by atoms with Crippen LogP contribution in [0.2, 0.25) is 0 Å². The van der Waals surface area contributed by atoms with Crippen molar-refractivity contribution < 1.29 is 14.0 Å². The van der Waals surface area contributed by atoms with Crippen LogP contribution in [-0.2, 0) is 16.1 Å². The van der Waals surface area contributed by atoms with Crippen molar-refractivity contribution >= 4 is 11.8 Å². The molecule has 152 valence electrons. The Hall–Kier alpha value is -1.95. The lowest BCUT2D eigenvalue weighted by Gasteiger charge is -2.47. The van der Waals surface area contributed by atoms with E-state index in [-0.39, 0.29) is 17.6 Å². The Balaban J connectivity index is 1.30. The Morgan fingerprint density at radius 2 is 1.79 bits per heavy atom. The topological polar surface area (TPSA) is 43.9 Å². The number of nitrogens with zero attached hydrogens (tertiary/aromatic N) is 3. The highest BCUT2D eigenvalue weighted by atomic mass is 19.1. The van der Waals surface area contributed by atoms with Gasteiger partial charge in [0.25, 0.3) is 0 Å². The first-order chi connectivity index (χ1) is 13.6. The number of hydrogen-bond donors (Lipinski definition) is 0. The predicted molar refractivity (Wildman–Crippen MR) is 105 cm³/mol. The maximum atomic E-state index is 13.1. The van der Waals surface area contributed by atoms with Gasteiger partial charge in [0.1, 0.15) is 5.82 Å². The van der Waals surface area contributed by atoms with Crippen molar-refractivity contribution in [1.82, 2.24) is 14.7 Å². The van der Waals surface area contributed by atoms with Gasteiger partial charge in [-0.15, -0.1) is 0 Å². The van der Waals surface area contributed by atoms with E-state index < -0.39 is 0 Å². The highest BCUT2D eigenvalue weighted by molar-refractivity contribution is 5.78. The van der Waals surface area contributed by atoms with E-state index in [2.05, 4.69) is 9.80 Å². The summed E-state index contributed by atoms with van der Waals surface area (Å²) in [4.78, 5) is 30.8. The molecule has 3 fully saturated rings. The molecule has 0 bridgehead atoms. The first-order valence-corrected chi connectivity index (χ1v) is 10.6. The summed E-state index contributed by atoms with van der Waals surface area (Å²) < 4.78 is 13.1. The molecule has 0 aliphatic carbocycles. The molecule has 3 aliphatic heterocycles. The van der Waals surface area contributed by atoms with Crippen LogP contribution in [0.15, 0.2) is 24.3 Å². The fourth-order valence-electron chi connectivity index (χ4n) is 5.08. The number of carbonyl (C=O) groups excluding carboxylic acids is 2. The molecule has 5 nitrogen and oxygen atoms in total. The van der Waals surface area contributed by atoms with Crippen LogP contribution in [0.1, 0.15) is 44.1 Å². The maximum absolute atomic E-state index is 13.1. The normalized spacial score (nSPS) is 26.0. The zero-order valence-corrected chi connectivity index (χ0v) is 16.5. The van der Waals surface area contributed by atoms with Gasteiger partial charge in [-0.2, -0.15) is 0 Å². The first kappa shape index (κ1) is 19.4. The number of hydrogen-bond acceptors (Lipinski definition) is 3. The molecule has 1 aromatic carbocycles. The van der Waals surface area contributed by atoms with Gasteiger partial charge in [0.2, 0.25) is 11.8 Å². The van der Waals surface area contributed by atoms with E-state index in [0.29, 0.717) is 24.8 Å². The fourth-order valence-corrected chi connectivity index (χ4v) is 5.08. The van der Waals surface area contributed by atoms with E-state index in [0.717, 1.165) is 70.5 Å². The van der Waals surface area contributed by atoms with Crippen LogP contribution in [0.5, 0.6) is 0 Å². The molecule has 3 aliphatic rings. The minimum atomic E-state index is -0.195. The van der Waals surface area contributed by atoms with Crippen molar-refractivity contribution in [3.05, 3.63) is 35.6 Å². The molecule has 28 heavy (non-hydrogen) atoms. The molecule has 0 radical (unpaired) electrons. The van der Waals surface area contributed by atoms with Crippen molar-refractivity contribution in [2.24, 2.45) is 5.92 Å². The SMILES string of the molecule is O=C1CCCN1CCCN1C(=O)CC[C@@H]2CN(Cc3ccc(F)cc3)CC[C@@H]21. The molecule has 2 atom stereocenters. The number of fused-ring (bicyclic) bond motifs is 1. The lowest BCUT2D eigenvalue weighted by atomic mass is 9.83. The van der Waals surface area contributed by atoms with Crippen LogP contribution < -0.4 is 0 Å². The van der Waals surface area contributed by atoms with Crippen LogP contribution in [0.25, 0.3) is 0 Å². The van der Waals surface area contributed by atoms with Gasteiger partial charge in [-0.25, -0.2) is 4.39 Å². The Labute approximate surface area is 166 Å². The molecule has 0 unspecified atom stereocenters. The van der Waals surface area contributed by atoms with Gasteiger partial charge in [-0.1, -0.05) is 12.1 Å². The number of benzene rings is 1. The van der Waals surface area contributed by atoms with E-state index >= 15 is 0 Å². The molecule has 0 aromatic heterocycles. The zero-order chi connectivity index (χ0) is 19.5. The summed E-state index contributed by atoms with van der Waals surface area (Å²) in [6.45, 7) is 5.22. The Bertz CT molecular complexity index is 708. The van der Waals surface area contributed by atoms with Gasteiger partial charge >= 0.3 is 0 Å². The second-order valence-electron chi connectivity index (χ2n) is 8.44. The van der Waals surface area contributed by atoms with Crippen LogP contribution in [0.3, 0.4) is 0 Å². The molecule has 1 aromatic rings. The molecule has 0 spiro atoms. The number of carbonyl (C=O) groups is 2. The summed E-state index contributed by atoms with van der Waals surface area (Å²) in [5.74, 6) is 0.859. The van der Waals surface area contributed by atoms with Crippen molar-refractivity contribution in [2.45, 2.75) is 51.1 Å². The Kier molecular flexibility index (Phi) is 5.95. The monoisotopic (exact) mass is 387 g/mol. The largest absolute Gasteiger partial charge is 0.343 e. The zero-order valence-electron chi connectivity index (χ0n) is 16.5. The number of halogens is 1. The van der Waals surface area contributed by atoms with Gasteiger partial charge in [0, 0.05) is 58.2 Å². The molecule has 3 saturated heterocycles. The quantitative estimate of drug-likeness (QED) is 0.754. The third kappa shape index (κ3) is 4.37. The molecular formula is C22H30FN3O2. The summed E-state index contributed by atoms with van der Waals surface area (Å²) in [5.41, 5.74) is 1.14. The maximum Gasteiger partial charge on any atom is 0.222 e. The minimum absolute atomic E-state index is 0.195. The van der Waals surface area contributed by atoms with E-state index in [4.69, 9.17) is 0 Å². The average Bonchev–Trinajstić information content (AvgIpc) is 3.10. The third-order valence-corrected chi connectivity index (χ3v) is 6.55. The summed E-state index contributed by atoms with van der Waals surface area (Å²) in [6, 6.07) is 7.10. The van der Waals surface area contributed by atoms with Gasteiger partial charge in [0.05, 0.1) is 0 Å². The molecular weight excluding hydrogens is 357 g/mol.